The van der Waals surface area contributed by atoms with Gasteiger partial charge in [0, 0.05) is 18.7 Å². The summed E-state index contributed by atoms with van der Waals surface area (Å²) in [5.41, 5.74) is 1.12. The number of hydrogen-bond donors (Lipinski definition) is 1. The number of nitrogens with zero attached hydrogens (tertiary/aromatic N) is 2. The Hall–Kier alpha value is -2.32. The molecule has 2 aliphatic rings. The second-order valence-electron chi connectivity index (χ2n) is 7.27. The average Bonchev–Trinajstić information content (AvgIpc) is 3.44. The van der Waals surface area contributed by atoms with E-state index in [-0.39, 0.29) is 17.7 Å². The summed E-state index contributed by atoms with van der Waals surface area (Å²) in [6, 6.07) is 10.6. The van der Waals surface area contributed by atoms with Crippen molar-refractivity contribution in [2.75, 3.05) is 36.2 Å². The number of rotatable bonds is 6. The first-order chi connectivity index (χ1) is 13.5. The van der Waals surface area contributed by atoms with Gasteiger partial charge in [0.1, 0.15) is 5.76 Å². The van der Waals surface area contributed by atoms with E-state index in [4.69, 9.17) is 4.42 Å². The van der Waals surface area contributed by atoms with E-state index in [1.807, 2.05) is 12.1 Å². The van der Waals surface area contributed by atoms with Crippen molar-refractivity contribution in [2.45, 2.75) is 25.3 Å². The van der Waals surface area contributed by atoms with Crippen molar-refractivity contribution in [3.63, 3.8) is 0 Å². The molecule has 150 valence electrons. The molecule has 1 amide bonds. The molecular formula is C20H25N3O4S. The van der Waals surface area contributed by atoms with Gasteiger partial charge in [0.15, 0.2) is 0 Å². The Morgan fingerprint density at radius 3 is 2.43 bits per heavy atom. The lowest BCUT2D eigenvalue weighted by atomic mass is 10.1. The van der Waals surface area contributed by atoms with Gasteiger partial charge in [0.25, 0.3) is 5.91 Å². The summed E-state index contributed by atoms with van der Waals surface area (Å²) in [7, 11) is -3.21. The molecular weight excluding hydrogens is 378 g/mol. The van der Waals surface area contributed by atoms with Crippen LogP contribution in [0.2, 0.25) is 0 Å². The quantitative estimate of drug-likeness (QED) is 0.801. The molecule has 1 aromatic carbocycles. The van der Waals surface area contributed by atoms with Gasteiger partial charge in [-0.1, -0.05) is 0 Å². The van der Waals surface area contributed by atoms with Crippen LogP contribution in [0.1, 0.15) is 41.4 Å². The highest BCUT2D eigenvalue weighted by molar-refractivity contribution is 7.93. The number of nitrogens with one attached hydrogen (secondary N) is 1. The lowest BCUT2D eigenvalue weighted by Crippen LogP contribution is -2.36. The maximum absolute atomic E-state index is 12.6. The number of likely N-dealkylation sites (tertiary alicyclic amines) is 1. The van der Waals surface area contributed by atoms with Crippen molar-refractivity contribution < 1.29 is 17.6 Å². The number of sulfonamides is 1. The summed E-state index contributed by atoms with van der Waals surface area (Å²) < 4.78 is 31.1. The van der Waals surface area contributed by atoms with E-state index < -0.39 is 10.0 Å². The van der Waals surface area contributed by atoms with Crippen LogP contribution in [0.3, 0.4) is 0 Å². The summed E-state index contributed by atoms with van der Waals surface area (Å²) in [5, 5.41) is 3.00. The Labute approximate surface area is 165 Å². The number of amides is 1. The molecule has 1 N–H and O–H groups in total. The largest absolute Gasteiger partial charge is 0.468 e. The summed E-state index contributed by atoms with van der Waals surface area (Å²) >= 11 is 0. The van der Waals surface area contributed by atoms with Crippen LogP contribution >= 0.6 is 0 Å². The molecule has 0 radical (unpaired) electrons. The molecule has 0 bridgehead atoms. The molecule has 4 rings (SSSR count). The molecule has 0 spiro atoms. The molecule has 0 aliphatic carbocycles. The van der Waals surface area contributed by atoms with Gasteiger partial charge < -0.3 is 9.73 Å². The predicted molar refractivity (Wildman–Crippen MR) is 107 cm³/mol. The summed E-state index contributed by atoms with van der Waals surface area (Å²) in [4.78, 5) is 14.9. The summed E-state index contributed by atoms with van der Waals surface area (Å²) in [6.07, 6.45) is 4.61. The third-order valence-electron chi connectivity index (χ3n) is 5.43. The van der Waals surface area contributed by atoms with Crippen molar-refractivity contribution in [3.05, 3.63) is 54.0 Å². The van der Waals surface area contributed by atoms with E-state index in [0.717, 1.165) is 31.7 Å². The first-order valence-corrected chi connectivity index (χ1v) is 11.3. The minimum atomic E-state index is -3.21. The van der Waals surface area contributed by atoms with E-state index in [1.54, 1.807) is 30.5 Å². The zero-order valence-electron chi connectivity index (χ0n) is 15.7. The molecule has 3 heterocycles. The van der Waals surface area contributed by atoms with Crippen molar-refractivity contribution in [3.8, 4) is 0 Å². The topological polar surface area (TPSA) is 82.9 Å². The average molecular weight is 404 g/mol. The molecule has 28 heavy (non-hydrogen) atoms. The van der Waals surface area contributed by atoms with Crippen molar-refractivity contribution in [2.24, 2.45) is 0 Å². The Bertz CT molecular complexity index is 903. The van der Waals surface area contributed by atoms with Crippen molar-refractivity contribution in [1.82, 2.24) is 10.2 Å². The smallest absolute Gasteiger partial charge is 0.251 e. The zero-order chi connectivity index (χ0) is 19.6. The summed E-state index contributed by atoms with van der Waals surface area (Å²) in [5.74, 6) is 0.864. The van der Waals surface area contributed by atoms with Crippen LogP contribution in [-0.4, -0.2) is 51.2 Å². The van der Waals surface area contributed by atoms with Gasteiger partial charge in [-0.05, 0) is 68.8 Å². The number of benzene rings is 1. The molecule has 2 fully saturated rings. The molecule has 2 aliphatic heterocycles. The van der Waals surface area contributed by atoms with Crippen LogP contribution in [0.5, 0.6) is 0 Å². The fraction of sp³-hybridized carbons (Fsp3) is 0.450. The Morgan fingerprint density at radius 1 is 1.07 bits per heavy atom. The molecule has 1 aromatic heterocycles. The fourth-order valence-corrected chi connectivity index (χ4v) is 5.51. The van der Waals surface area contributed by atoms with Gasteiger partial charge in [-0.3, -0.25) is 14.0 Å². The first kappa shape index (κ1) is 19.0. The van der Waals surface area contributed by atoms with Crippen LogP contribution in [0, 0.1) is 0 Å². The van der Waals surface area contributed by atoms with E-state index >= 15 is 0 Å². The highest BCUT2D eigenvalue weighted by atomic mass is 32.2. The molecule has 0 saturated carbocycles. The van der Waals surface area contributed by atoms with E-state index in [1.165, 1.54) is 4.31 Å². The van der Waals surface area contributed by atoms with Gasteiger partial charge in [-0.25, -0.2) is 8.42 Å². The van der Waals surface area contributed by atoms with E-state index in [0.29, 0.717) is 30.8 Å². The first-order valence-electron chi connectivity index (χ1n) is 9.71. The third kappa shape index (κ3) is 3.93. The van der Waals surface area contributed by atoms with Crippen LogP contribution < -0.4 is 9.62 Å². The molecule has 8 heteroatoms. The fourth-order valence-electron chi connectivity index (χ4n) is 3.94. The highest BCUT2D eigenvalue weighted by Crippen LogP contribution is 2.26. The lowest BCUT2D eigenvalue weighted by Gasteiger charge is -2.26. The number of hydrogen-bond acceptors (Lipinski definition) is 5. The minimum Gasteiger partial charge on any atom is -0.468 e. The summed E-state index contributed by atoms with van der Waals surface area (Å²) in [6.45, 7) is 2.96. The SMILES string of the molecule is O=C(NC[C@H](c1ccco1)N1CCCC1)c1ccc(N2CCCS2(=O)=O)cc1. The lowest BCUT2D eigenvalue weighted by molar-refractivity contribution is 0.0934. The maximum atomic E-state index is 12.6. The highest BCUT2D eigenvalue weighted by Gasteiger charge is 2.29. The third-order valence-corrected chi connectivity index (χ3v) is 7.30. The number of carbonyl (C=O) groups is 1. The Kier molecular flexibility index (Phi) is 5.41. The second kappa shape index (κ2) is 7.97. The Morgan fingerprint density at radius 2 is 1.82 bits per heavy atom. The Balaban J connectivity index is 1.41. The van der Waals surface area contributed by atoms with Gasteiger partial charge in [0.05, 0.1) is 23.7 Å². The van der Waals surface area contributed by atoms with E-state index in [2.05, 4.69) is 10.2 Å². The van der Waals surface area contributed by atoms with Gasteiger partial charge in [0.2, 0.25) is 10.0 Å². The van der Waals surface area contributed by atoms with Crippen molar-refractivity contribution in [1.29, 1.82) is 0 Å². The predicted octanol–water partition coefficient (Wildman–Crippen LogP) is 2.39. The van der Waals surface area contributed by atoms with E-state index in [9.17, 15) is 13.2 Å². The van der Waals surface area contributed by atoms with Crippen LogP contribution in [0.15, 0.2) is 47.1 Å². The standard InChI is InChI=1S/C20H25N3O4S/c24-20(16-6-8-17(9-7-16)23-12-4-14-28(23,25)26)21-15-18(19-5-3-13-27-19)22-10-1-2-11-22/h3,5-9,13,18H,1-2,4,10-12,14-15H2,(H,21,24)/t18-/m1/s1. The second-order valence-corrected chi connectivity index (χ2v) is 9.29. The van der Waals surface area contributed by atoms with Crippen LogP contribution in [0.4, 0.5) is 5.69 Å². The van der Waals surface area contributed by atoms with Gasteiger partial charge in [-0.2, -0.15) is 0 Å². The monoisotopic (exact) mass is 403 g/mol. The molecule has 7 nitrogen and oxygen atoms in total. The van der Waals surface area contributed by atoms with Gasteiger partial charge >= 0.3 is 0 Å². The normalized spacial score (nSPS) is 20.4. The van der Waals surface area contributed by atoms with Crippen molar-refractivity contribution >= 4 is 21.6 Å². The molecule has 2 saturated heterocycles. The number of furan rings is 1. The molecule has 2 aromatic rings. The zero-order valence-corrected chi connectivity index (χ0v) is 16.5. The van der Waals surface area contributed by atoms with Gasteiger partial charge in [-0.15, -0.1) is 0 Å². The number of carbonyl (C=O) groups excluding carboxylic acids is 1. The molecule has 0 unspecified atom stereocenters. The van der Waals surface area contributed by atoms with Crippen LogP contribution in [-0.2, 0) is 10.0 Å². The van der Waals surface area contributed by atoms with Crippen LogP contribution in [0.25, 0.3) is 0 Å². The number of anilines is 1. The maximum Gasteiger partial charge on any atom is 0.251 e. The molecule has 1 atom stereocenters. The minimum absolute atomic E-state index is 0.0236.